The molecule has 0 saturated heterocycles. The Morgan fingerprint density at radius 1 is 0.895 bits per heavy atom. The van der Waals surface area contributed by atoms with E-state index in [2.05, 4.69) is 47.8 Å². The van der Waals surface area contributed by atoms with E-state index in [1.807, 2.05) is 12.1 Å². The summed E-state index contributed by atoms with van der Waals surface area (Å²) in [6.07, 6.45) is 0. The Labute approximate surface area is 121 Å². The van der Waals surface area contributed by atoms with Crippen LogP contribution in [0.5, 0.6) is 0 Å². The third-order valence-corrected chi connectivity index (χ3v) is 4.95. The van der Waals surface area contributed by atoms with Crippen molar-refractivity contribution < 1.29 is 5.11 Å². The zero-order chi connectivity index (χ0) is 13.3. The molecule has 0 bridgehead atoms. The molecule has 0 spiro atoms. The van der Waals surface area contributed by atoms with Crippen LogP contribution in [0.1, 0.15) is 11.1 Å². The second kappa shape index (κ2) is 8.13. The molecule has 0 atom stereocenters. The van der Waals surface area contributed by atoms with Gasteiger partial charge in [0.1, 0.15) is 0 Å². The fraction of sp³-hybridized carbons (Fsp3) is 0.250. The molecule has 2 N–H and O–H groups in total. The van der Waals surface area contributed by atoms with Crippen molar-refractivity contribution in [3.8, 4) is 0 Å². The van der Waals surface area contributed by atoms with Crippen LogP contribution in [0.2, 0.25) is 5.32 Å². The van der Waals surface area contributed by atoms with Crippen LogP contribution in [-0.2, 0) is 13.2 Å². The van der Waals surface area contributed by atoms with Crippen molar-refractivity contribution in [3.63, 3.8) is 0 Å². The van der Waals surface area contributed by atoms with Gasteiger partial charge in [0.2, 0.25) is 0 Å². The van der Waals surface area contributed by atoms with Gasteiger partial charge in [0.15, 0.2) is 0 Å². The van der Waals surface area contributed by atoms with Crippen LogP contribution in [-0.4, -0.2) is 26.6 Å². The van der Waals surface area contributed by atoms with E-state index in [-0.39, 0.29) is 6.61 Å². The maximum atomic E-state index is 8.97. The van der Waals surface area contributed by atoms with Gasteiger partial charge in [-0.25, -0.2) is 0 Å². The van der Waals surface area contributed by atoms with Gasteiger partial charge in [0.25, 0.3) is 0 Å². The summed E-state index contributed by atoms with van der Waals surface area (Å²) >= 11 is 0.564. The monoisotopic (exact) mass is 321 g/mol. The average molecular weight is 320 g/mol. The third-order valence-electron chi connectivity index (χ3n) is 2.83. The van der Waals surface area contributed by atoms with E-state index in [0.717, 1.165) is 18.7 Å². The topological polar surface area (TPSA) is 32.3 Å². The first kappa shape index (κ1) is 14.3. The molecule has 0 aliphatic heterocycles. The molecule has 2 aromatic carbocycles. The fourth-order valence-corrected chi connectivity index (χ4v) is 3.50. The van der Waals surface area contributed by atoms with Gasteiger partial charge < -0.3 is 0 Å². The van der Waals surface area contributed by atoms with Crippen LogP contribution < -0.4 is 9.78 Å². The summed E-state index contributed by atoms with van der Waals surface area (Å²) in [4.78, 5) is 0. The van der Waals surface area contributed by atoms with Crippen LogP contribution in [0.4, 0.5) is 0 Å². The first-order valence-corrected chi connectivity index (χ1v) is 8.52. The molecule has 0 heterocycles. The molecule has 2 aromatic rings. The van der Waals surface area contributed by atoms with Crippen molar-refractivity contribution in [1.82, 2.24) is 5.32 Å². The third kappa shape index (κ3) is 5.17. The van der Waals surface area contributed by atoms with Crippen molar-refractivity contribution in [2.45, 2.75) is 18.5 Å². The SMILES string of the molecule is OCc1ccc(CNCC[Se]c2ccccc2)cc1. The number of nitrogens with one attached hydrogen (secondary N) is 1. The van der Waals surface area contributed by atoms with Crippen LogP contribution in [0.3, 0.4) is 0 Å². The van der Waals surface area contributed by atoms with Crippen LogP contribution in [0.25, 0.3) is 0 Å². The summed E-state index contributed by atoms with van der Waals surface area (Å²) in [7, 11) is 0. The van der Waals surface area contributed by atoms with Crippen molar-refractivity contribution >= 4 is 19.4 Å². The molecule has 0 aromatic heterocycles. The first-order valence-electron chi connectivity index (χ1n) is 6.46. The molecule has 0 unspecified atom stereocenters. The molecule has 0 aliphatic rings. The zero-order valence-corrected chi connectivity index (χ0v) is 12.6. The second-order valence-electron chi connectivity index (χ2n) is 4.31. The van der Waals surface area contributed by atoms with Gasteiger partial charge >= 0.3 is 121 Å². The molecule has 0 amide bonds. The minimum atomic E-state index is 0.118. The Kier molecular flexibility index (Phi) is 6.12. The summed E-state index contributed by atoms with van der Waals surface area (Å²) in [5, 5.41) is 13.6. The Morgan fingerprint density at radius 3 is 2.26 bits per heavy atom. The molecule has 0 saturated carbocycles. The van der Waals surface area contributed by atoms with Crippen molar-refractivity contribution in [2.75, 3.05) is 6.54 Å². The van der Waals surface area contributed by atoms with Gasteiger partial charge in [-0.05, 0) is 0 Å². The molecule has 2 nitrogen and oxygen atoms in total. The predicted molar refractivity (Wildman–Crippen MR) is 80.7 cm³/mol. The van der Waals surface area contributed by atoms with Crippen molar-refractivity contribution in [3.05, 3.63) is 65.7 Å². The van der Waals surface area contributed by atoms with Crippen LogP contribution in [0.15, 0.2) is 54.6 Å². The molecule has 100 valence electrons. The maximum absolute atomic E-state index is 8.97. The summed E-state index contributed by atoms with van der Waals surface area (Å²) in [5.41, 5.74) is 2.24. The molecular formula is C16H19NOSe. The average Bonchev–Trinajstić information content (AvgIpc) is 2.49. The van der Waals surface area contributed by atoms with Gasteiger partial charge in [-0.15, -0.1) is 0 Å². The van der Waals surface area contributed by atoms with Crippen LogP contribution >= 0.6 is 0 Å². The van der Waals surface area contributed by atoms with E-state index in [9.17, 15) is 0 Å². The Balaban J connectivity index is 1.63. The van der Waals surface area contributed by atoms with E-state index in [1.54, 1.807) is 0 Å². The molecule has 2 rings (SSSR count). The summed E-state index contributed by atoms with van der Waals surface area (Å²) in [6, 6.07) is 18.8. The summed E-state index contributed by atoms with van der Waals surface area (Å²) < 4.78 is 1.46. The van der Waals surface area contributed by atoms with E-state index in [0.29, 0.717) is 15.0 Å². The Bertz CT molecular complexity index is 470. The molecule has 0 fully saturated rings. The van der Waals surface area contributed by atoms with Gasteiger partial charge in [-0.2, -0.15) is 0 Å². The second-order valence-corrected chi connectivity index (χ2v) is 6.76. The van der Waals surface area contributed by atoms with E-state index < -0.39 is 0 Å². The number of rotatable bonds is 7. The quantitative estimate of drug-likeness (QED) is 0.601. The molecular weight excluding hydrogens is 301 g/mol. The number of aliphatic hydroxyl groups excluding tert-OH is 1. The number of hydrogen-bond donors (Lipinski definition) is 2. The van der Waals surface area contributed by atoms with E-state index in [4.69, 9.17) is 5.11 Å². The minimum absolute atomic E-state index is 0.118. The number of hydrogen-bond acceptors (Lipinski definition) is 2. The molecule has 0 radical (unpaired) electrons. The van der Waals surface area contributed by atoms with Gasteiger partial charge in [0, 0.05) is 0 Å². The number of aliphatic hydroxyl groups is 1. The summed E-state index contributed by atoms with van der Waals surface area (Å²) in [6.45, 7) is 2.07. The standard InChI is InChI=1S/C16H19NOSe/c18-13-15-8-6-14(7-9-15)12-17-10-11-19-16-4-2-1-3-5-16/h1-9,17-18H,10-13H2. The summed E-state index contributed by atoms with van der Waals surface area (Å²) in [5.74, 6) is 0. The Hall–Kier alpha value is -1.12. The van der Waals surface area contributed by atoms with Crippen molar-refractivity contribution in [2.24, 2.45) is 0 Å². The van der Waals surface area contributed by atoms with E-state index >= 15 is 0 Å². The van der Waals surface area contributed by atoms with Crippen LogP contribution in [0, 0.1) is 0 Å². The van der Waals surface area contributed by atoms with Gasteiger partial charge in [-0.3, -0.25) is 0 Å². The van der Waals surface area contributed by atoms with Gasteiger partial charge in [0.05, 0.1) is 0 Å². The first-order chi connectivity index (χ1) is 9.38. The van der Waals surface area contributed by atoms with Gasteiger partial charge in [-0.1, -0.05) is 0 Å². The number of benzene rings is 2. The molecule has 0 aliphatic carbocycles. The molecule has 19 heavy (non-hydrogen) atoms. The normalized spacial score (nSPS) is 10.6. The van der Waals surface area contributed by atoms with Crippen molar-refractivity contribution in [1.29, 1.82) is 0 Å². The predicted octanol–water partition coefficient (Wildman–Crippen LogP) is 1.72. The zero-order valence-electron chi connectivity index (χ0n) is 10.9. The van der Waals surface area contributed by atoms with E-state index in [1.165, 1.54) is 15.3 Å². The fourth-order valence-electron chi connectivity index (χ4n) is 1.75. The molecule has 3 heteroatoms. The Morgan fingerprint density at radius 2 is 1.58 bits per heavy atom.